The van der Waals surface area contributed by atoms with E-state index < -0.39 is 145 Å². The molecule has 10 amide bonds. The van der Waals surface area contributed by atoms with Crippen molar-refractivity contribution in [3.8, 4) is 0 Å². The van der Waals surface area contributed by atoms with Crippen LogP contribution in [-0.4, -0.2) is 165 Å². The standard InChI is InChI=1S/C38H56N10O15/c1-6-17(4)30(55)41-13-20-31(56)44-21(15-49)32(57)45-23(16(2)3)36(61)47-25(27(52)28(53)29(39)54)37(62)46-24(18(5)50)34(59)42-14-22(51)33(58)48-26(38(63)43-20)35(60)40-12-19-10-8-7-9-11-19/h6-11,16,18,20-28,49-53H,12-15H2,1-5H3,(H2,39,54)(H,40,60)(H,41,55)(H,42,59)(H,43,63)(H,44,56)(H,45,57)(H,46,62)(H,47,61)(H,48,58)/b17-6-/t18-,20+,21+,22+,23+,24+,25?,26?,27?,28?/m1/s1. The van der Waals surface area contributed by atoms with Gasteiger partial charge in [-0.1, -0.05) is 50.3 Å². The molecule has 1 aliphatic rings. The highest BCUT2D eigenvalue weighted by Crippen LogP contribution is 2.09. The Hall–Kier alpha value is -6.54. The highest BCUT2D eigenvalue weighted by molar-refractivity contribution is 6.08. The van der Waals surface area contributed by atoms with Crippen LogP contribution >= 0.6 is 0 Å². The van der Waals surface area contributed by atoms with Crippen LogP contribution in [0.4, 0.5) is 0 Å². The van der Waals surface area contributed by atoms with Gasteiger partial charge in [0, 0.05) is 18.7 Å². The fourth-order valence-electron chi connectivity index (χ4n) is 5.51. The van der Waals surface area contributed by atoms with E-state index in [1.165, 1.54) is 33.8 Å². The summed E-state index contributed by atoms with van der Waals surface area (Å²) in [6.07, 6.45) is -7.65. The van der Waals surface area contributed by atoms with Crippen LogP contribution < -0.4 is 53.6 Å². The van der Waals surface area contributed by atoms with Gasteiger partial charge in [-0.25, -0.2) is 0 Å². The molecular weight excluding hydrogens is 836 g/mol. The first-order valence-electron chi connectivity index (χ1n) is 19.5. The lowest BCUT2D eigenvalue weighted by molar-refractivity contribution is -0.144. The summed E-state index contributed by atoms with van der Waals surface area (Å²) in [6, 6.07) is -3.78. The molecule has 25 nitrogen and oxygen atoms in total. The summed E-state index contributed by atoms with van der Waals surface area (Å²) >= 11 is 0. The van der Waals surface area contributed by atoms with Gasteiger partial charge in [-0.05, 0) is 32.3 Å². The van der Waals surface area contributed by atoms with E-state index in [0.29, 0.717) is 5.56 Å². The predicted octanol–water partition coefficient (Wildman–Crippen LogP) is -7.98. The molecule has 0 aromatic heterocycles. The average Bonchev–Trinajstić information content (AvgIpc) is 3.25. The molecule has 0 radical (unpaired) electrons. The molecule has 2 rings (SSSR count). The second-order valence-corrected chi connectivity index (χ2v) is 14.7. The highest BCUT2D eigenvalue weighted by atomic mass is 16.3. The van der Waals surface area contributed by atoms with E-state index in [0.717, 1.165) is 6.92 Å². The smallest absolute Gasteiger partial charge is 0.253 e. The molecule has 10 atom stereocenters. The Morgan fingerprint density at radius 2 is 1.30 bits per heavy atom. The summed E-state index contributed by atoms with van der Waals surface area (Å²) in [7, 11) is 0. The summed E-state index contributed by atoms with van der Waals surface area (Å²) in [5.41, 5.74) is 5.82. The van der Waals surface area contributed by atoms with E-state index in [2.05, 4.69) is 31.9 Å². The number of aliphatic hydroxyl groups is 5. The maximum Gasteiger partial charge on any atom is 0.253 e. The molecular formula is C38H56N10O15. The molecule has 1 aromatic carbocycles. The van der Waals surface area contributed by atoms with Crippen molar-refractivity contribution in [2.75, 3.05) is 19.7 Å². The van der Waals surface area contributed by atoms with Gasteiger partial charge >= 0.3 is 0 Å². The van der Waals surface area contributed by atoms with Gasteiger partial charge in [-0.3, -0.25) is 47.9 Å². The summed E-state index contributed by atoms with van der Waals surface area (Å²) < 4.78 is 0. The normalized spacial score (nSPS) is 25.4. The van der Waals surface area contributed by atoms with Crippen LogP contribution in [-0.2, 0) is 54.5 Å². The number of β-amino-alcohol motifs (C(OH)–C–C–N with tert-alkyl or cyclic N) is 1. The van der Waals surface area contributed by atoms with E-state index >= 15 is 0 Å². The number of carbonyl (C=O) groups is 10. The van der Waals surface area contributed by atoms with Crippen molar-refractivity contribution in [1.82, 2.24) is 47.9 Å². The fourth-order valence-corrected chi connectivity index (χ4v) is 5.51. The number of aliphatic hydroxyl groups excluding tert-OH is 5. The quantitative estimate of drug-likeness (QED) is 0.0685. The number of nitrogens with one attached hydrogen (secondary N) is 9. The molecule has 0 saturated carbocycles. The summed E-state index contributed by atoms with van der Waals surface area (Å²) in [6.45, 7) is 3.74. The Kier molecular flexibility index (Phi) is 20.7. The molecule has 0 spiro atoms. The second kappa shape index (κ2) is 24.8. The molecule has 16 N–H and O–H groups in total. The first kappa shape index (κ1) is 52.6. The Balaban J connectivity index is 2.71. The number of allylic oxidation sites excluding steroid dienone is 1. The number of carbonyl (C=O) groups excluding carboxylic acids is 10. The molecule has 4 unspecified atom stereocenters. The first-order valence-corrected chi connectivity index (χ1v) is 19.5. The Morgan fingerprint density at radius 3 is 1.86 bits per heavy atom. The number of amides is 10. The lowest BCUT2D eigenvalue weighted by Gasteiger charge is -2.31. The minimum absolute atomic E-state index is 0.174. The Morgan fingerprint density at radius 1 is 0.746 bits per heavy atom. The molecule has 348 valence electrons. The van der Waals surface area contributed by atoms with E-state index in [9.17, 15) is 73.5 Å². The number of primary amides is 1. The van der Waals surface area contributed by atoms with Gasteiger partial charge in [-0.15, -0.1) is 0 Å². The summed E-state index contributed by atoms with van der Waals surface area (Å²) in [5.74, 6) is -13.7. The molecule has 1 aromatic rings. The van der Waals surface area contributed by atoms with Crippen LogP contribution in [0.15, 0.2) is 42.0 Å². The number of nitrogens with two attached hydrogens (primary N) is 1. The van der Waals surface area contributed by atoms with Crippen LogP contribution in [0.3, 0.4) is 0 Å². The van der Waals surface area contributed by atoms with Crippen molar-refractivity contribution in [2.45, 2.75) is 102 Å². The summed E-state index contributed by atoms with van der Waals surface area (Å²) in [5, 5.41) is 72.0. The molecule has 0 bridgehead atoms. The largest absolute Gasteiger partial charge is 0.394 e. The fraction of sp³-hybridized carbons (Fsp3) is 0.526. The third kappa shape index (κ3) is 15.7. The lowest BCUT2D eigenvalue weighted by atomic mass is 9.99. The van der Waals surface area contributed by atoms with Gasteiger partial charge in [0.15, 0.2) is 12.1 Å². The lowest BCUT2D eigenvalue weighted by Crippen LogP contribution is -2.66. The first-order chi connectivity index (χ1) is 29.5. The van der Waals surface area contributed by atoms with Gasteiger partial charge < -0.3 is 79.1 Å². The average molecular weight is 893 g/mol. The van der Waals surface area contributed by atoms with Gasteiger partial charge in [0.05, 0.1) is 19.3 Å². The minimum atomic E-state index is -2.52. The van der Waals surface area contributed by atoms with Crippen molar-refractivity contribution in [3.63, 3.8) is 0 Å². The Labute approximate surface area is 360 Å². The minimum Gasteiger partial charge on any atom is -0.394 e. The van der Waals surface area contributed by atoms with Crippen molar-refractivity contribution in [3.05, 3.63) is 47.5 Å². The van der Waals surface area contributed by atoms with Gasteiger partial charge in [-0.2, -0.15) is 0 Å². The topological polar surface area (TPSA) is 406 Å². The SMILES string of the molecule is C/C=C(/C)C(=O)NC[C@@H]1NC(=O)C(C(=O)NCc2ccccc2)NC(=O)[C@@H](O)CNC(=O)[C@H]([C@@H](C)O)NC(=O)C(C(O)C(O)C(N)=O)NC(=O)[C@H](C(C)C)NC(=O)[C@H](CO)NC1=O. The molecule has 25 heteroatoms. The number of rotatable bonds is 12. The molecule has 1 heterocycles. The van der Waals surface area contributed by atoms with Crippen molar-refractivity contribution in [2.24, 2.45) is 11.7 Å². The summed E-state index contributed by atoms with van der Waals surface area (Å²) in [4.78, 5) is 133. The van der Waals surface area contributed by atoms with E-state index in [-0.39, 0.29) is 12.1 Å². The van der Waals surface area contributed by atoms with E-state index in [4.69, 9.17) is 5.73 Å². The maximum absolute atomic E-state index is 13.8. The monoisotopic (exact) mass is 892 g/mol. The van der Waals surface area contributed by atoms with Crippen LogP contribution in [0.5, 0.6) is 0 Å². The molecule has 0 aliphatic carbocycles. The molecule has 1 saturated heterocycles. The zero-order chi connectivity index (χ0) is 47.7. The van der Waals surface area contributed by atoms with E-state index in [1.54, 1.807) is 30.3 Å². The van der Waals surface area contributed by atoms with Crippen molar-refractivity contribution < 1.29 is 73.5 Å². The predicted molar refractivity (Wildman–Crippen MR) is 216 cm³/mol. The molecule has 1 aliphatic heterocycles. The van der Waals surface area contributed by atoms with Crippen LogP contribution in [0.25, 0.3) is 0 Å². The van der Waals surface area contributed by atoms with Crippen LogP contribution in [0.1, 0.15) is 40.2 Å². The van der Waals surface area contributed by atoms with Crippen LogP contribution in [0, 0.1) is 5.92 Å². The zero-order valence-electron chi connectivity index (χ0n) is 35.0. The third-order valence-corrected chi connectivity index (χ3v) is 9.45. The van der Waals surface area contributed by atoms with Gasteiger partial charge in [0.2, 0.25) is 41.4 Å². The zero-order valence-corrected chi connectivity index (χ0v) is 35.0. The molecule has 63 heavy (non-hydrogen) atoms. The third-order valence-electron chi connectivity index (χ3n) is 9.45. The van der Waals surface area contributed by atoms with Gasteiger partial charge in [0.1, 0.15) is 42.4 Å². The number of hydrogen-bond acceptors (Lipinski definition) is 15. The highest BCUT2D eigenvalue weighted by Gasteiger charge is 2.41. The van der Waals surface area contributed by atoms with Crippen LogP contribution in [0.2, 0.25) is 0 Å². The number of hydrogen-bond donors (Lipinski definition) is 15. The van der Waals surface area contributed by atoms with Gasteiger partial charge in [0.25, 0.3) is 17.7 Å². The Bertz CT molecular complexity index is 1880. The van der Waals surface area contributed by atoms with E-state index in [1.807, 2.05) is 16.0 Å². The number of benzene rings is 1. The van der Waals surface area contributed by atoms with Crippen molar-refractivity contribution in [1.29, 1.82) is 0 Å². The molecule has 1 fully saturated rings. The van der Waals surface area contributed by atoms with Crippen molar-refractivity contribution >= 4 is 59.1 Å². The second-order valence-electron chi connectivity index (χ2n) is 14.7. The maximum atomic E-state index is 13.8.